The van der Waals surface area contributed by atoms with E-state index >= 15 is 0 Å². The summed E-state index contributed by atoms with van der Waals surface area (Å²) in [5, 5.41) is 3.49. The van der Waals surface area contributed by atoms with Crippen molar-refractivity contribution in [1.82, 2.24) is 9.55 Å². The fourth-order valence-electron chi connectivity index (χ4n) is 3.48. The van der Waals surface area contributed by atoms with Crippen molar-refractivity contribution >= 4 is 34.8 Å². The number of nitrogens with zero attached hydrogens (tertiary/aromatic N) is 3. The maximum atomic E-state index is 12.7. The maximum absolute atomic E-state index is 12.7. The number of imidazole rings is 1. The number of benzene rings is 2. The highest BCUT2D eigenvalue weighted by atomic mass is 35.5. The van der Waals surface area contributed by atoms with Gasteiger partial charge in [-0.3, -0.25) is 9.59 Å². The van der Waals surface area contributed by atoms with Crippen LogP contribution < -0.4 is 10.2 Å². The van der Waals surface area contributed by atoms with Gasteiger partial charge in [0, 0.05) is 48.3 Å². The Hall–Kier alpha value is -3.12. The van der Waals surface area contributed by atoms with Gasteiger partial charge in [-0.1, -0.05) is 29.8 Å². The molecule has 0 spiro atoms. The second-order valence-corrected chi connectivity index (χ2v) is 7.61. The summed E-state index contributed by atoms with van der Waals surface area (Å²) in [6.45, 7) is 3.04. The normalized spacial score (nSPS) is 16.3. The number of aryl methyl sites for hydroxylation is 1. The molecular weight excluding hydrogens is 388 g/mol. The molecule has 1 fully saturated rings. The summed E-state index contributed by atoms with van der Waals surface area (Å²) in [7, 11) is 0. The zero-order chi connectivity index (χ0) is 20.4. The first-order chi connectivity index (χ1) is 14.0. The first kappa shape index (κ1) is 19.2. The van der Waals surface area contributed by atoms with Crippen molar-refractivity contribution in [2.75, 3.05) is 16.8 Å². The van der Waals surface area contributed by atoms with Crippen molar-refractivity contribution in [3.63, 3.8) is 0 Å². The molecule has 1 aliphatic heterocycles. The van der Waals surface area contributed by atoms with E-state index < -0.39 is 5.92 Å². The van der Waals surface area contributed by atoms with Crippen LogP contribution in [0.2, 0.25) is 5.02 Å². The van der Waals surface area contributed by atoms with Crippen LogP contribution in [0.5, 0.6) is 0 Å². The van der Waals surface area contributed by atoms with Crippen LogP contribution in [0.4, 0.5) is 11.4 Å². The molecule has 0 saturated carbocycles. The van der Waals surface area contributed by atoms with Crippen molar-refractivity contribution in [3.8, 4) is 0 Å². The van der Waals surface area contributed by atoms with E-state index in [-0.39, 0.29) is 18.2 Å². The third-order valence-electron chi connectivity index (χ3n) is 5.11. The fraction of sp³-hybridized carbons (Fsp3) is 0.227. The third-order valence-corrected chi connectivity index (χ3v) is 5.35. The third kappa shape index (κ3) is 4.32. The van der Waals surface area contributed by atoms with Crippen molar-refractivity contribution in [2.24, 2.45) is 5.92 Å². The minimum atomic E-state index is -0.394. The van der Waals surface area contributed by atoms with Crippen molar-refractivity contribution in [2.45, 2.75) is 19.9 Å². The maximum Gasteiger partial charge on any atom is 0.229 e. The lowest BCUT2D eigenvalue weighted by atomic mass is 10.1. The van der Waals surface area contributed by atoms with E-state index in [1.165, 1.54) is 0 Å². The van der Waals surface area contributed by atoms with E-state index in [1.807, 2.05) is 43.5 Å². The van der Waals surface area contributed by atoms with E-state index in [0.717, 1.165) is 29.3 Å². The number of carbonyl (C=O) groups is 2. The molecule has 0 radical (unpaired) electrons. The summed E-state index contributed by atoms with van der Waals surface area (Å²) >= 11 is 6.02. The Labute approximate surface area is 174 Å². The topological polar surface area (TPSA) is 67.2 Å². The molecule has 0 bridgehead atoms. The summed E-state index contributed by atoms with van der Waals surface area (Å²) in [6, 6.07) is 14.8. The predicted molar refractivity (Wildman–Crippen MR) is 113 cm³/mol. The van der Waals surface area contributed by atoms with Crippen LogP contribution in [0.3, 0.4) is 0 Å². The van der Waals surface area contributed by atoms with Crippen LogP contribution in [-0.2, 0) is 16.1 Å². The van der Waals surface area contributed by atoms with Gasteiger partial charge in [-0.25, -0.2) is 4.98 Å². The first-order valence-electron chi connectivity index (χ1n) is 9.43. The van der Waals surface area contributed by atoms with E-state index in [0.29, 0.717) is 11.6 Å². The van der Waals surface area contributed by atoms with Crippen LogP contribution in [0.1, 0.15) is 17.8 Å². The number of hydrogen-bond donors (Lipinski definition) is 1. The molecule has 2 heterocycles. The number of hydrogen-bond acceptors (Lipinski definition) is 3. The molecule has 3 aromatic rings. The highest BCUT2D eigenvalue weighted by Crippen LogP contribution is 2.28. The second-order valence-electron chi connectivity index (χ2n) is 7.17. The van der Waals surface area contributed by atoms with Gasteiger partial charge in [0.2, 0.25) is 11.8 Å². The molecule has 2 aromatic carbocycles. The predicted octanol–water partition coefficient (Wildman–Crippen LogP) is 3.88. The standard InChI is InChI=1S/C22H21ClN4O2/c1-15-24-9-10-26(15)13-16-5-7-19(8-6-16)25-22(29)17-11-21(28)27(14-17)20-4-2-3-18(23)12-20/h2-10,12,17H,11,13-14H2,1H3,(H,25,29). The highest BCUT2D eigenvalue weighted by molar-refractivity contribution is 6.31. The van der Waals surface area contributed by atoms with Gasteiger partial charge >= 0.3 is 0 Å². The van der Waals surface area contributed by atoms with Gasteiger partial charge in [0.1, 0.15) is 5.82 Å². The number of nitrogens with one attached hydrogen (secondary N) is 1. The van der Waals surface area contributed by atoms with E-state index in [9.17, 15) is 9.59 Å². The minimum Gasteiger partial charge on any atom is -0.331 e. The SMILES string of the molecule is Cc1nccn1Cc1ccc(NC(=O)C2CC(=O)N(c3cccc(Cl)c3)C2)cc1. The van der Waals surface area contributed by atoms with Gasteiger partial charge < -0.3 is 14.8 Å². The molecule has 1 saturated heterocycles. The molecule has 1 unspecified atom stereocenters. The Morgan fingerprint density at radius 1 is 1.24 bits per heavy atom. The Balaban J connectivity index is 1.38. The molecule has 1 aliphatic rings. The van der Waals surface area contributed by atoms with E-state index in [1.54, 1.807) is 29.3 Å². The summed E-state index contributed by atoms with van der Waals surface area (Å²) in [5.74, 6) is 0.340. The molecule has 1 aromatic heterocycles. The van der Waals surface area contributed by atoms with Crippen molar-refractivity contribution in [3.05, 3.63) is 77.3 Å². The number of halogens is 1. The zero-order valence-electron chi connectivity index (χ0n) is 16.0. The lowest BCUT2D eigenvalue weighted by molar-refractivity contribution is -0.122. The lowest BCUT2D eigenvalue weighted by Crippen LogP contribution is -2.28. The zero-order valence-corrected chi connectivity index (χ0v) is 16.8. The molecule has 1 atom stereocenters. The van der Waals surface area contributed by atoms with Crippen molar-refractivity contribution in [1.29, 1.82) is 0 Å². The van der Waals surface area contributed by atoms with Gasteiger partial charge in [0.05, 0.1) is 5.92 Å². The second kappa shape index (κ2) is 8.09. The van der Waals surface area contributed by atoms with Gasteiger partial charge in [0.15, 0.2) is 0 Å². The van der Waals surface area contributed by atoms with Gasteiger partial charge in [0.25, 0.3) is 0 Å². The molecular formula is C22H21ClN4O2. The lowest BCUT2D eigenvalue weighted by Gasteiger charge is -2.17. The first-order valence-corrected chi connectivity index (χ1v) is 9.81. The Kier molecular flexibility index (Phi) is 5.36. The van der Waals surface area contributed by atoms with Crippen LogP contribution in [0.25, 0.3) is 0 Å². The number of aromatic nitrogens is 2. The molecule has 7 heteroatoms. The molecule has 148 valence electrons. The van der Waals surface area contributed by atoms with Gasteiger partial charge in [-0.2, -0.15) is 0 Å². The van der Waals surface area contributed by atoms with Crippen LogP contribution >= 0.6 is 11.6 Å². The molecule has 1 N–H and O–H groups in total. The highest BCUT2D eigenvalue weighted by Gasteiger charge is 2.35. The number of rotatable bonds is 5. The Bertz CT molecular complexity index is 1040. The average Bonchev–Trinajstić information content (AvgIpc) is 3.29. The van der Waals surface area contributed by atoms with Crippen molar-refractivity contribution < 1.29 is 9.59 Å². The van der Waals surface area contributed by atoms with Gasteiger partial charge in [-0.15, -0.1) is 0 Å². The number of amides is 2. The largest absolute Gasteiger partial charge is 0.331 e. The Morgan fingerprint density at radius 2 is 2.03 bits per heavy atom. The average molecular weight is 409 g/mol. The fourth-order valence-corrected chi connectivity index (χ4v) is 3.67. The quantitative estimate of drug-likeness (QED) is 0.696. The van der Waals surface area contributed by atoms with E-state index in [4.69, 9.17) is 11.6 Å². The van der Waals surface area contributed by atoms with Crippen LogP contribution in [-0.4, -0.2) is 27.9 Å². The number of anilines is 2. The monoisotopic (exact) mass is 408 g/mol. The molecule has 2 amide bonds. The molecule has 6 nitrogen and oxygen atoms in total. The minimum absolute atomic E-state index is 0.0709. The Morgan fingerprint density at radius 3 is 2.72 bits per heavy atom. The molecule has 0 aliphatic carbocycles. The number of carbonyl (C=O) groups excluding carboxylic acids is 2. The van der Waals surface area contributed by atoms with Crippen LogP contribution in [0.15, 0.2) is 60.9 Å². The smallest absolute Gasteiger partial charge is 0.229 e. The molecule has 29 heavy (non-hydrogen) atoms. The van der Waals surface area contributed by atoms with Crippen LogP contribution in [0, 0.1) is 12.8 Å². The molecule has 4 rings (SSSR count). The van der Waals surface area contributed by atoms with E-state index in [2.05, 4.69) is 14.9 Å². The summed E-state index contributed by atoms with van der Waals surface area (Å²) in [4.78, 5) is 30.9. The van der Waals surface area contributed by atoms with Gasteiger partial charge in [-0.05, 0) is 42.8 Å². The summed E-state index contributed by atoms with van der Waals surface area (Å²) in [5.41, 5.74) is 2.55. The summed E-state index contributed by atoms with van der Waals surface area (Å²) < 4.78 is 2.06. The summed E-state index contributed by atoms with van der Waals surface area (Å²) in [6.07, 6.45) is 3.91.